The highest BCUT2D eigenvalue weighted by molar-refractivity contribution is 6.33. The molecule has 0 bridgehead atoms. The quantitative estimate of drug-likeness (QED) is 0.427. The number of esters is 1. The van der Waals surface area contributed by atoms with Gasteiger partial charge in [-0.15, -0.1) is 0 Å². The molecule has 0 atom stereocenters. The van der Waals surface area contributed by atoms with Crippen LogP contribution in [-0.4, -0.2) is 29.0 Å². The maximum Gasteiger partial charge on any atom is 0.341 e. The van der Waals surface area contributed by atoms with Crippen LogP contribution in [0.25, 0.3) is 0 Å². The van der Waals surface area contributed by atoms with Gasteiger partial charge in [0.2, 0.25) is 0 Å². The number of carbonyl (C=O) groups excluding carboxylic acids is 3. The average molecular weight is 472 g/mol. The number of nitriles is 1. The van der Waals surface area contributed by atoms with Gasteiger partial charge in [0.1, 0.15) is 23.0 Å². The standard InChI is InChI=1S/C24H23ClFN3O4/c1-6-23(2,3)33-20(30)17-10-9-16(12-19(17)26)29-22(32)28(21(31)24(29,4)5)15-8-7-14(13-27)18(25)11-15/h7-12H,6H2,1-5H3. The first-order valence-corrected chi connectivity index (χ1v) is 10.6. The van der Waals surface area contributed by atoms with E-state index in [0.717, 1.165) is 15.9 Å². The van der Waals surface area contributed by atoms with Gasteiger partial charge in [-0.2, -0.15) is 5.26 Å². The highest BCUT2D eigenvalue weighted by atomic mass is 35.5. The number of hydrogen-bond acceptors (Lipinski definition) is 5. The second-order valence-electron chi connectivity index (χ2n) is 8.76. The molecule has 1 aliphatic heterocycles. The fraction of sp³-hybridized carbons (Fsp3) is 0.333. The van der Waals surface area contributed by atoms with Crippen LogP contribution in [-0.2, 0) is 9.53 Å². The number of hydrogen-bond donors (Lipinski definition) is 0. The number of imide groups is 1. The largest absolute Gasteiger partial charge is 0.456 e. The van der Waals surface area contributed by atoms with Crippen LogP contribution in [0.3, 0.4) is 0 Å². The highest BCUT2D eigenvalue weighted by Crippen LogP contribution is 2.37. The predicted octanol–water partition coefficient (Wildman–Crippen LogP) is 5.45. The number of ether oxygens (including phenoxy) is 1. The molecule has 0 aromatic heterocycles. The number of rotatable bonds is 5. The van der Waals surface area contributed by atoms with Crippen molar-refractivity contribution in [2.24, 2.45) is 0 Å². The lowest BCUT2D eigenvalue weighted by atomic mass is 10.0. The molecule has 3 amide bonds. The molecule has 1 heterocycles. The van der Waals surface area contributed by atoms with Crippen molar-refractivity contribution in [2.45, 2.75) is 52.2 Å². The second-order valence-corrected chi connectivity index (χ2v) is 9.17. The minimum atomic E-state index is -1.35. The Kier molecular flexibility index (Phi) is 6.22. The smallest absolute Gasteiger partial charge is 0.341 e. The summed E-state index contributed by atoms with van der Waals surface area (Å²) in [5, 5.41) is 9.15. The molecule has 7 nitrogen and oxygen atoms in total. The third kappa shape index (κ3) is 4.29. The van der Waals surface area contributed by atoms with Gasteiger partial charge in [0.15, 0.2) is 0 Å². The average Bonchev–Trinajstić information content (AvgIpc) is 2.91. The van der Waals surface area contributed by atoms with Gasteiger partial charge in [-0.1, -0.05) is 18.5 Å². The van der Waals surface area contributed by atoms with Crippen molar-refractivity contribution in [1.29, 1.82) is 5.26 Å². The van der Waals surface area contributed by atoms with Crippen LogP contribution in [0.15, 0.2) is 36.4 Å². The van der Waals surface area contributed by atoms with Crippen molar-refractivity contribution in [2.75, 3.05) is 9.80 Å². The first-order chi connectivity index (χ1) is 15.3. The Bertz CT molecular complexity index is 1200. The van der Waals surface area contributed by atoms with E-state index in [-0.39, 0.29) is 27.5 Å². The molecule has 3 rings (SSSR count). The van der Waals surface area contributed by atoms with Crippen LogP contribution in [0.4, 0.5) is 20.6 Å². The van der Waals surface area contributed by atoms with E-state index in [1.54, 1.807) is 13.8 Å². The Morgan fingerprint density at radius 1 is 1.18 bits per heavy atom. The van der Waals surface area contributed by atoms with E-state index in [9.17, 15) is 18.8 Å². The first kappa shape index (κ1) is 24.2. The summed E-state index contributed by atoms with van der Waals surface area (Å²) < 4.78 is 20.2. The SMILES string of the molecule is CCC(C)(C)OC(=O)c1ccc(N2C(=O)N(c3ccc(C#N)c(Cl)c3)C(=O)C2(C)C)cc1F. The third-order valence-corrected chi connectivity index (χ3v) is 5.96. The van der Waals surface area contributed by atoms with Crippen molar-refractivity contribution in [3.8, 4) is 6.07 Å². The zero-order valence-corrected chi connectivity index (χ0v) is 19.7. The molecular formula is C24H23ClFN3O4. The van der Waals surface area contributed by atoms with E-state index in [1.165, 1.54) is 44.2 Å². The van der Waals surface area contributed by atoms with Crippen LogP contribution in [0.2, 0.25) is 5.02 Å². The maximum atomic E-state index is 14.9. The van der Waals surface area contributed by atoms with Crippen LogP contribution in [0.5, 0.6) is 0 Å². The summed E-state index contributed by atoms with van der Waals surface area (Å²) in [5.74, 6) is -2.25. The molecule has 172 valence electrons. The van der Waals surface area contributed by atoms with Crippen LogP contribution in [0, 0.1) is 17.1 Å². The third-order valence-electron chi connectivity index (χ3n) is 5.65. The van der Waals surface area contributed by atoms with E-state index >= 15 is 0 Å². The van der Waals surface area contributed by atoms with E-state index < -0.39 is 34.9 Å². The topological polar surface area (TPSA) is 90.7 Å². The lowest BCUT2D eigenvalue weighted by Crippen LogP contribution is -2.44. The van der Waals surface area contributed by atoms with Gasteiger partial charge < -0.3 is 4.74 Å². The lowest BCUT2D eigenvalue weighted by molar-refractivity contribution is -0.120. The molecule has 2 aromatic rings. The van der Waals surface area contributed by atoms with Gasteiger partial charge in [-0.25, -0.2) is 18.9 Å². The van der Waals surface area contributed by atoms with Crippen molar-refractivity contribution < 1.29 is 23.5 Å². The molecule has 1 fully saturated rings. The minimum Gasteiger partial charge on any atom is -0.456 e. The van der Waals surface area contributed by atoms with Gasteiger partial charge >= 0.3 is 12.0 Å². The van der Waals surface area contributed by atoms with Crippen molar-refractivity contribution in [1.82, 2.24) is 0 Å². The second kappa shape index (κ2) is 8.49. The Morgan fingerprint density at radius 3 is 2.36 bits per heavy atom. The number of carbonyl (C=O) groups is 3. The fourth-order valence-corrected chi connectivity index (χ4v) is 3.59. The molecule has 0 N–H and O–H groups in total. The Morgan fingerprint density at radius 2 is 1.82 bits per heavy atom. The number of urea groups is 1. The summed E-state index contributed by atoms with van der Waals surface area (Å²) in [6, 6.07) is 9.04. The first-order valence-electron chi connectivity index (χ1n) is 10.3. The summed E-state index contributed by atoms with van der Waals surface area (Å²) in [5.41, 5.74) is -1.89. The normalized spacial score (nSPS) is 15.6. The Balaban J connectivity index is 1.98. The van der Waals surface area contributed by atoms with E-state index in [1.807, 2.05) is 13.0 Å². The molecule has 1 aliphatic rings. The van der Waals surface area contributed by atoms with Crippen molar-refractivity contribution >= 4 is 40.9 Å². The molecule has 0 aliphatic carbocycles. The maximum absolute atomic E-state index is 14.9. The number of benzene rings is 2. The molecule has 0 radical (unpaired) electrons. The fourth-order valence-electron chi connectivity index (χ4n) is 3.38. The summed E-state index contributed by atoms with van der Waals surface area (Å²) in [4.78, 5) is 40.9. The van der Waals surface area contributed by atoms with Gasteiger partial charge in [-0.3, -0.25) is 9.69 Å². The molecule has 0 spiro atoms. The summed E-state index contributed by atoms with van der Waals surface area (Å²) in [6.07, 6.45) is 0.548. The van der Waals surface area contributed by atoms with Crippen molar-refractivity contribution in [3.05, 3.63) is 58.4 Å². The summed E-state index contributed by atoms with van der Waals surface area (Å²) in [6.45, 7) is 8.35. The molecule has 2 aromatic carbocycles. The summed E-state index contributed by atoms with van der Waals surface area (Å²) >= 11 is 6.07. The summed E-state index contributed by atoms with van der Waals surface area (Å²) in [7, 11) is 0. The molecular weight excluding hydrogens is 449 g/mol. The lowest BCUT2D eigenvalue weighted by Gasteiger charge is -2.28. The van der Waals surface area contributed by atoms with Crippen LogP contribution < -0.4 is 9.80 Å². The monoisotopic (exact) mass is 471 g/mol. The van der Waals surface area contributed by atoms with Gasteiger partial charge in [0, 0.05) is 5.69 Å². The Hall–Kier alpha value is -3.44. The van der Waals surface area contributed by atoms with Gasteiger partial charge in [-0.05, 0) is 70.5 Å². The molecule has 0 saturated carbocycles. The van der Waals surface area contributed by atoms with E-state index in [0.29, 0.717) is 6.42 Å². The predicted molar refractivity (Wildman–Crippen MR) is 122 cm³/mol. The zero-order chi connectivity index (χ0) is 24.7. The van der Waals surface area contributed by atoms with Gasteiger partial charge in [0.25, 0.3) is 5.91 Å². The van der Waals surface area contributed by atoms with Gasteiger partial charge in [0.05, 0.1) is 21.8 Å². The zero-order valence-electron chi connectivity index (χ0n) is 18.9. The van der Waals surface area contributed by atoms with E-state index in [2.05, 4.69) is 0 Å². The molecule has 9 heteroatoms. The Labute approximate surface area is 196 Å². The van der Waals surface area contributed by atoms with Crippen LogP contribution >= 0.6 is 11.6 Å². The van der Waals surface area contributed by atoms with Crippen molar-refractivity contribution in [3.63, 3.8) is 0 Å². The number of anilines is 2. The molecule has 33 heavy (non-hydrogen) atoms. The van der Waals surface area contributed by atoms with E-state index in [4.69, 9.17) is 21.6 Å². The number of nitrogens with zero attached hydrogens (tertiary/aromatic N) is 3. The highest BCUT2D eigenvalue weighted by Gasteiger charge is 2.52. The number of amides is 3. The number of halogens is 2. The minimum absolute atomic E-state index is 0.0933. The molecule has 1 saturated heterocycles. The van der Waals surface area contributed by atoms with Crippen LogP contribution in [0.1, 0.15) is 57.0 Å². The molecule has 0 unspecified atom stereocenters.